The van der Waals surface area contributed by atoms with Crippen molar-refractivity contribution in [3.8, 4) is 0 Å². The Morgan fingerprint density at radius 1 is 1.32 bits per heavy atom. The molecule has 19 heavy (non-hydrogen) atoms. The molecule has 0 aliphatic carbocycles. The van der Waals surface area contributed by atoms with Crippen LogP contribution in [0.1, 0.15) is 44.2 Å². The molecule has 1 aliphatic heterocycles. The third-order valence-corrected chi connectivity index (χ3v) is 4.22. The molecule has 0 aromatic heterocycles. The molecule has 1 saturated heterocycles. The summed E-state index contributed by atoms with van der Waals surface area (Å²) in [7, 11) is 2.23. The lowest BCUT2D eigenvalue weighted by atomic mass is 10.00. The van der Waals surface area contributed by atoms with Crippen LogP contribution in [0.15, 0.2) is 24.3 Å². The van der Waals surface area contributed by atoms with Crippen LogP contribution in [-0.4, -0.2) is 31.1 Å². The molecule has 1 unspecified atom stereocenters. The van der Waals surface area contributed by atoms with Gasteiger partial charge in [-0.05, 0) is 64.0 Å². The molecule has 0 amide bonds. The van der Waals surface area contributed by atoms with Gasteiger partial charge < -0.3 is 10.2 Å². The number of benzene rings is 1. The van der Waals surface area contributed by atoms with Crippen molar-refractivity contribution in [2.45, 2.75) is 44.7 Å². The minimum absolute atomic E-state index is 0.167. The van der Waals surface area contributed by atoms with Gasteiger partial charge in [0.1, 0.15) is 5.82 Å². The van der Waals surface area contributed by atoms with Crippen LogP contribution in [0, 0.1) is 5.82 Å². The van der Waals surface area contributed by atoms with Gasteiger partial charge in [0, 0.05) is 12.1 Å². The predicted octanol–water partition coefficient (Wildman–Crippen LogP) is 3.35. The quantitative estimate of drug-likeness (QED) is 0.877. The molecule has 2 atom stereocenters. The Kier molecular flexibility index (Phi) is 5.34. The van der Waals surface area contributed by atoms with Gasteiger partial charge in [0.25, 0.3) is 0 Å². The van der Waals surface area contributed by atoms with Gasteiger partial charge in [0.2, 0.25) is 0 Å². The number of nitrogens with one attached hydrogen (secondary N) is 1. The van der Waals surface area contributed by atoms with Gasteiger partial charge in [0.05, 0.1) is 0 Å². The molecule has 3 heteroatoms. The minimum Gasteiger partial charge on any atom is -0.310 e. The first-order chi connectivity index (χ1) is 9.16. The van der Waals surface area contributed by atoms with Crippen molar-refractivity contribution in [2.75, 3.05) is 20.1 Å². The third-order valence-electron chi connectivity index (χ3n) is 4.22. The lowest BCUT2D eigenvalue weighted by Crippen LogP contribution is -2.38. The van der Waals surface area contributed by atoms with E-state index in [4.69, 9.17) is 0 Å². The number of likely N-dealkylation sites (tertiary alicyclic amines) is 1. The molecule has 1 aliphatic rings. The van der Waals surface area contributed by atoms with Gasteiger partial charge >= 0.3 is 0 Å². The summed E-state index contributed by atoms with van der Waals surface area (Å²) in [6.07, 6.45) is 5.22. The first-order valence-electron chi connectivity index (χ1n) is 7.36. The highest BCUT2D eigenvalue weighted by atomic mass is 19.1. The number of nitrogens with zero attached hydrogens (tertiary/aromatic N) is 1. The number of hydrogen-bond donors (Lipinski definition) is 1. The van der Waals surface area contributed by atoms with Crippen LogP contribution in [0.3, 0.4) is 0 Å². The molecule has 2 rings (SSSR count). The maximum atomic E-state index is 12.9. The van der Waals surface area contributed by atoms with E-state index in [1.807, 2.05) is 12.1 Å². The SMILES string of the molecule is C[C@@H](NCCC1CCCCN1C)c1ccc(F)cc1. The summed E-state index contributed by atoms with van der Waals surface area (Å²) in [6, 6.07) is 7.79. The molecule has 1 N–H and O–H groups in total. The van der Waals surface area contributed by atoms with E-state index in [0.29, 0.717) is 0 Å². The van der Waals surface area contributed by atoms with Crippen molar-refractivity contribution in [3.05, 3.63) is 35.6 Å². The fraction of sp³-hybridized carbons (Fsp3) is 0.625. The maximum absolute atomic E-state index is 12.9. The lowest BCUT2D eigenvalue weighted by Gasteiger charge is -2.32. The van der Waals surface area contributed by atoms with Crippen LogP contribution in [0.25, 0.3) is 0 Å². The Bertz CT molecular complexity index is 377. The van der Waals surface area contributed by atoms with Gasteiger partial charge in [0.15, 0.2) is 0 Å². The van der Waals surface area contributed by atoms with E-state index in [2.05, 4.69) is 24.2 Å². The molecular formula is C16H25FN2. The van der Waals surface area contributed by atoms with Gasteiger partial charge in [-0.3, -0.25) is 0 Å². The summed E-state index contributed by atoms with van der Waals surface area (Å²) < 4.78 is 12.9. The number of piperidine rings is 1. The topological polar surface area (TPSA) is 15.3 Å². The Labute approximate surface area is 116 Å². The second-order valence-corrected chi connectivity index (χ2v) is 5.65. The summed E-state index contributed by atoms with van der Waals surface area (Å²) in [4.78, 5) is 2.48. The normalized spacial score (nSPS) is 22.4. The van der Waals surface area contributed by atoms with E-state index in [1.54, 1.807) is 0 Å². The van der Waals surface area contributed by atoms with Gasteiger partial charge in [-0.2, -0.15) is 0 Å². The Hall–Kier alpha value is -0.930. The molecule has 0 radical (unpaired) electrons. The zero-order chi connectivity index (χ0) is 13.7. The van der Waals surface area contributed by atoms with Crippen molar-refractivity contribution in [2.24, 2.45) is 0 Å². The van der Waals surface area contributed by atoms with Crippen LogP contribution in [-0.2, 0) is 0 Å². The van der Waals surface area contributed by atoms with Crippen LogP contribution in [0.5, 0.6) is 0 Å². The Balaban J connectivity index is 1.74. The highest BCUT2D eigenvalue weighted by Gasteiger charge is 2.18. The fourth-order valence-electron chi connectivity index (χ4n) is 2.84. The van der Waals surface area contributed by atoms with Crippen molar-refractivity contribution in [3.63, 3.8) is 0 Å². The van der Waals surface area contributed by atoms with E-state index < -0.39 is 0 Å². The highest BCUT2D eigenvalue weighted by molar-refractivity contribution is 5.19. The van der Waals surface area contributed by atoms with E-state index in [9.17, 15) is 4.39 Å². The molecule has 1 fully saturated rings. The average molecular weight is 264 g/mol. The van der Waals surface area contributed by atoms with Crippen LogP contribution >= 0.6 is 0 Å². The Morgan fingerprint density at radius 3 is 2.74 bits per heavy atom. The summed E-state index contributed by atoms with van der Waals surface area (Å²) in [5.74, 6) is -0.167. The summed E-state index contributed by atoms with van der Waals surface area (Å²) >= 11 is 0. The zero-order valence-electron chi connectivity index (χ0n) is 12.0. The predicted molar refractivity (Wildman–Crippen MR) is 77.7 cm³/mol. The van der Waals surface area contributed by atoms with Crippen LogP contribution in [0.4, 0.5) is 4.39 Å². The van der Waals surface area contributed by atoms with Gasteiger partial charge in [-0.25, -0.2) is 4.39 Å². The monoisotopic (exact) mass is 264 g/mol. The molecule has 106 valence electrons. The molecule has 0 bridgehead atoms. The minimum atomic E-state index is -0.167. The average Bonchev–Trinajstić information content (AvgIpc) is 2.41. The van der Waals surface area contributed by atoms with Crippen molar-refractivity contribution >= 4 is 0 Å². The second-order valence-electron chi connectivity index (χ2n) is 5.65. The first kappa shape index (κ1) is 14.5. The molecule has 0 spiro atoms. The molecule has 1 aromatic rings. The number of hydrogen-bond acceptors (Lipinski definition) is 2. The largest absolute Gasteiger partial charge is 0.310 e. The van der Waals surface area contributed by atoms with Gasteiger partial charge in [-0.1, -0.05) is 18.6 Å². The summed E-state index contributed by atoms with van der Waals surface area (Å²) in [5.41, 5.74) is 1.15. The van der Waals surface area contributed by atoms with E-state index >= 15 is 0 Å². The summed E-state index contributed by atoms with van der Waals surface area (Å²) in [6.45, 7) is 4.39. The lowest BCUT2D eigenvalue weighted by molar-refractivity contribution is 0.174. The summed E-state index contributed by atoms with van der Waals surface area (Å²) in [5, 5.41) is 3.54. The van der Waals surface area contributed by atoms with Crippen molar-refractivity contribution in [1.82, 2.24) is 10.2 Å². The van der Waals surface area contributed by atoms with Gasteiger partial charge in [-0.15, -0.1) is 0 Å². The smallest absolute Gasteiger partial charge is 0.123 e. The van der Waals surface area contributed by atoms with E-state index in [0.717, 1.165) is 18.2 Å². The third kappa shape index (κ3) is 4.29. The zero-order valence-corrected chi connectivity index (χ0v) is 12.0. The van der Waals surface area contributed by atoms with E-state index in [-0.39, 0.29) is 11.9 Å². The van der Waals surface area contributed by atoms with Crippen molar-refractivity contribution in [1.29, 1.82) is 0 Å². The van der Waals surface area contributed by atoms with Crippen molar-refractivity contribution < 1.29 is 4.39 Å². The fourth-order valence-corrected chi connectivity index (χ4v) is 2.84. The Morgan fingerprint density at radius 2 is 2.05 bits per heavy atom. The molecule has 0 saturated carbocycles. The van der Waals surface area contributed by atoms with Crippen LogP contribution in [0.2, 0.25) is 0 Å². The van der Waals surface area contributed by atoms with Crippen LogP contribution < -0.4 is 5.32 Å². The highest BCUT2D eigenvalue weighted by Crippen LogP contribution is 2.18. The van der Waals surface area contributed by atoms with E-state index in [1.165, 1.54) is 44.4 Å². The maximum Gasteiger partial charge on any atom is 0.123 e. The first-order valence-corrected chi connectivity index (χ1v) is 7.36. The molecule has 1 aromatic carbocycles. The second kappa shape index (κ2) is 7.01. The number of halogens is 1. The number of rotatable bonds is 5. The standard InChI is InChI=1S/C16H25FN2/c1-13(14-6-8-15(17)9-7-14)18-11-10-16-5-3-4-12-19(16)2/h6-9,13,16,18H,3-5,10-12H2,1-2H3/t13-,16?/m1/s1. The molecule has 1 heterocycles. The molecular weight excluding hydrogens is 239 g/mol. The molecule has 2 nitrogen and oxygen atoms in total.